The minimum absolute atomic E-state index is 0.204. The second-order valence-corrected chi connectivity index (χ2v) is 9.61. The zero-order valence-electron chi connectivity index (χ0n) is 16.7. The van der Waals surface area contributed by atoms with Crippen molar-refractivity contribution in [3.05, 3.63) is 47.5 Å². The minimum Gasteiger partial charge on any atom is -0.203 e. The molecule has 0 amide bonds. The van der Waals surface area contributed by atoms with Crippen LogP contribution in [0.1, 0.15) is 81.3 Å². The molecule has 4 unspecified atom stereocenters. The highest BCUT2D eigenvalue weighted by molar-refractivity contribution is 5.28. The fourth-order valence-electron chi connectivity index (χ4n) is 6.48. The number of halogens is 2. The van der Waals surface area contributed by atoms with E-state index in [0.29, 0.717) is 11.1 Å². The summed E-state index contributed by atoms with van der Waals surface area (Å²) in [5.74, 6) is 3.24. The molecule has 0 bridgehead atoms. The van der Waals surface area contributed by atoms with Crippen molar-refractivity contribution < 1.29 is 8.78 Å². The van der Waals surface area contributed by atoms with E-state index in [0.717, 1.165) is 42.4 Å². The number of fused-ring (bicyclic) bond motifs is 1. The summed E-state index contributed by atoms with van der Waals surface area (Å²) < 4.78 is 28.3. The van der Waals surface area contributed by atoms with Crippen LogP contribution in [0, 0.1) is 48.1 Å². The molecule has 3 fully saturated rings. The molecule has 0 nitrogen and oxygen atoms in total. The monoisotopic (exact) mass is 372 g/mol. The third-order valence-corrected chi connectivity index (χ3v) is 8.21. The molecular formula is C25H34F2. The lowest BCUT2D eigenvalue weighted by Crippen LogP contribution is -2.34. The summed E-state index contributed by atoms with van der Waals surface area (Å²) in [6.07, 6.45) is 14.9. The van der Waals surface area contributed by atoms with Crippen LogP contribution in [0.25, 0.3) is 0 Å². The van der Waals surface area contributed by atoms with E-state index in [1.54, 1.807) is 13.0 Å². The van der Waals surface area contributed by atoms with Crippen molar-refractivity contribution in [3.8, 4) is 0 Å². The second-order valence-electron chi connectivity index (χ2n) is 9.61. The molecule has 148 valence electrons. The average molecular weight is 373 g/mol. The molecule has 4 rings (SSSR count). The van der Waals surface area contributed by atoms with Gasteiger partial charge in [-0.05, 0) is 118 Å². The highest BCUT2D eigenvalue weighted by Crippen LogP contribution is 2.50. The van der Waals surface area contributed by atoms with Gasteiger partial charge in [0.05, 0.1) is 0 Å². The zero-order chi connectivity index (χ0) is 19.0. The van der Waals surface area contributed by atoms with E-state index in [1.807, 2.05) is 6.07 Å². The Labute approximate surface area is 163 Å². The molecule has 1 aromatic carbocycles. The van der Waals surface area contributed by atoms with E-state index in [4.69, 9.17) is 0 Å². The number of benzene rings is 1. The van der Waals surface area contributed by atoms with E-state index in [-0.39, 0.29) is 5.92 Å². The first-order chi connectivity index (χ1) is 13.1. The highest BCUT2D eigenvalue weighted by Gasteiger charge is 2.38. The standard InChI is InChI=1S/C25H34F2/c1-3-17-5-6-22-15-21(12-11-20(22)14-17)18-7-9-19(10-8-18)23-13-4-16(2)24(26)25(23)27/h3-4,13,17-22H,1,5-12,14-15H2,2H3. The third kappa shape index (κ3) is 3.87. The van der Waals surface area contributed by atoms with Gasteiger partial charge >= 0.3 is 0 Å². The summed E-state index contributed by atoms with van der Waals surface area (Å²) in [6, 6.07) is 3.56. The molecule has 3 aliphatic carbocycles. The fraction of sp³-hybridized carbons (Fsp3) is 0.680. The van der Waals surface area contributed by atoms with Gasteiger partial charge < -0.3 is 0 Å². The Bertz CT molecular complexity index is 671. The van der Waals surface area contributed by atoms with Crippen molar-refractivity contribution in [1.29, 1.82) is 0 Å². The quantitative estimate of drug-likeness (QED) is 0.480. The van der Waals surface area contributed by atoms with E-state index >= 15 is 0 Å². The van der Waals surface area contributed by atoms with Crippen LogP contribution in [-0.4, -0.2) is 0 Å². The number of aryl methyl sites for hydroxylation is 1. The molecule has 4 atom stereocenters. The molecule has 0 saturated heterocycles. The molecule has 0 heterocycles. The van der Waals surface area contributed by atoms with Crippen molar-refractivity contribution in [1.82, 2.24) is 0 Å². The van der Waals surface area contributed by atoms with Crippen molar-refractivity contribution in [2.24, 2.45) is 29.6 Å². The van der Waals surface area contributed by atoms with Crippen LogP contribution in [0.15, 0.2) is 24.8 Å². The predicted octanol–water partition coefficient (Wildman–Crippen LogP) is 7.57. The van der Waals surface area contributed by atoms with E-state index in [9.17, 15) is 8.78 Å². The Morgan fingerprint density at radius 3 is 2.07 bits per heavy atom. The van der Waals surface area contributed by atoms with E-state index in [1.165, 1.54) is 51.4 Å². The Hall–Kier alpha value is -1.18. The fourth-order valence-corrected chi connectivity index (χ4v) is 6.48. The van der Waals surface area contributed by atoms with Crippen LogP contribution in [0.2, 0.25) is 0 Å². The van der Waals surface area contributed by atoms with Gasteiger partial charge in [-0.15, -0.1) is 6.58 Å². The number of hydrogen-bond acceptors (Lipinski definition) is 0. The summed E-state index contributed by atoms with van der Waals surface area (Å²) in [5.41, 5.74) is 1.02. The Kier molecular flexibility index (Phi) is 5.71. The lowest BCUT2D eigenvalue weighted by molar-refractivity contribution is 0.0718. The first-order valence-electron chi connectivity index (χ1n) is 11.1. The van der Waals surface area contributed by atoms with Crippen LogP contribution in [0.4, 0.5) is 8.78 Å². The molecule has 3 saturated carbocycles. The van der Waals surface area contributed by atoms with Gasteiger partial charge in [0.15, 0.2) is 11.6 Å². The van der Waals surface area contributed by atoms with Crippen LogP contribution in [-0.2, 0) is 0 Å². The third-order valence-electron chi connectivity index (χ3n) is 8.21. The van der Waals surface area contributed by atoms with Gasteiger partial charge in [0, 0.05) is 0 Å². The van der Waals surface area contributed by atoms with Crippen LogP contribution < -0.4 is 0 Å². The lowest BCUT2D eigenvalue weighted by Gasteiger charge is -2.45. The van der Waals surface area contributed by atoms with Crippen molar-refractivity contribution in [3.63, 3.8) is 0 Å². The molecule has 3 aliphatic rings. The number of allylic oxidation sites excluding steroid dienone is 1. The van der Waals surface area contributed by atoms with Crippen molar-refractivity contribution >= 4 is 0 Å². The van der Waals surface area contributed by atoms with Gasteiger partial charge in [0.2, 0.25) is 0 Å². The smallest absolute Gasteiger partial charge is 0.162 e. The summed E-state index contributed by atoms with van der Waals surface area (Å²) in [4.78, 5) is 0. The zero-order valence-corrected chi connectivity index (χ0v) is 16.7. The highest BCUT2D eigenvalue weighted by atomic mass is 19.2. The van der Waals surface area contributed by atoms with Gasteiger partial charge in [-0.1, -0.05) is 18.2 Å². The summed E-state index contributed by atoms with van der Waals surface area (Å²) in [6.45, 7) is 5.65. The molecule has 2 heteroatoms. The maximum absolute atomic E-state index is 14.4. The number of hydrogen-bond donors (Lipinski definition) is 0. The largest absolute Gasteiger partial charge is 0.203 e. The van der Waals surface area contributed by atoms with Gasteiger partial charge in [-0.2, -0.15) is 0 Å². The van der Waals surface area contributed by atoms with Crippen LogP contribution in [0.5, 0.6) is 0 Å². The molecule has 1 aromatic rings. The molecule has 27 heavy (non-hydrogen) atoms. The molecule has 0 N–H and O–H groups in total. The molecule has 0 spiro atoms. The summed E-state index contributed by atoms with van der Waals surface area (Å²) in [5, 5.41) is 0. The van der Waals surface area contributed by atoms with Gasteiger partial charge in [0.1, 0.15) is 0 Å². The Morgan fingerprint density at radius 2 is 1.37 bits per heavy atom. The normalized spacial score (nSPS) is 36.9. The molecule has 0 aromatic heterocycles. The lowest BCUT2D eigenvalue weighted by atomic mass is 9.61. The Balaban J connectivity index is 1.34. The van der Waals surface area contributed by atoms with E-state index < -0.39 is 11.6 Å². The van der Waals surface area contributed by atoms with Crippen LogP contribution in [0.3, 0.4) is 0 Å². The van der Waals surface area contributed by atoms with Gasteiger partial charge in [-0.25, -0.2) is 8.78 Å². The SMILES string of the molecule is C=CC1CCC2CC(C3CCC(c4ccc(C)c(F)c4F)CC3)CCC2C1. The van der Waals surface area contributed by atoms with Gasteiger partial charge in [0.25, 0.3) is 0 Å². The predicted molar refractivity (Wildman–Crippen MR) is 108 cm³/mol. The molecule has 0 radical (unpaired) electrons. The van der Waals surface area contributed by atoms with Crippen molar-refractivity contribution in [2.75, 3.05) is 0 Å². The second kappa shape index (κ2) is 8.05. The summed E-state index contributed by atoms with van der Waals surface area (Å²) in [7, 11) is 0. The maximum atomic E-state index is 14.4. The first kappa shape index (κ1) is 19.2. The topological polar surface area (TPSA) is 0 Å². The number of rotatable bonds is 3. The van der Waals surface area contributed by atoms with Gasteiger partial charge in [-0.3, -0.25) is 0 Å². The molecular weight excluding hydrogens is 338 g/mol. The van der Waals surface area contributed by atoms with E-state index in [2.05, 4.69) is 12.7 Å². The summed E-state index contributed by atoms with van der Waals surface area (Å²) >= 11 is 0. The molecule has 0 aliphatic heterocycles. The maximum Gasteiger partial charge on any atom is 0.162 e. The average Bonchev–Trinajstić information content (AvgIpc) is 2.71. The minimum atomic E-state index is -0.650. The first-order valence-corrected chi connectivity index (χ1v) is 11.1. The van der Waals surface area contributed by atoms with Crippen LogP contribution >= 0.6 is 0 Å². The Morgan fingerprint density at radius 1 is 0.778 bits per heavy atom. The van der Waals surface area contributed by atoms with Crippen molar-refractivity contribution in [2.45, 2.75) is 77.0 Å².